The van der Waals surface area contributed by atoms with Crippen LogP contribution in [0.25, 0.3) is 0 Å². The van der Waals surface area contributed by atoms with Crippen molar-refractivity contribution in [3.63, 3.8) is 0 Å². The fourth-order valence-corrected chi connectivity index (χ4v) is 3.49. The first-order valence-electron chi connectivity index (χ1n) is 6.31. The number of rotatable bonds is 6. The van der Waals surface area contributed by atoms with Crippen molar-refractivity contribution in [1.82, 2.24) is 4.31 Å². The first-order chi connectivity index (χ1) is 8.82. The van der Waals surface area contributed by atoms with E-state index in [-0.39, 0.29) is 22.9 Å². The van der Waals surface area contributed by atoms with Gasteiger partial charge in [-0.3, -0.25) is 0 Å². The van der Waals surface area contributed by atoms with E-state index in [1.54, 1.807) is 6.92 Å². The molecule has 4 nitrogen and oxygen atoms in total. The highest BCUT2D eigenvalue weighted by atomic mass is 32.2. The van der Waals surface area contributed by atoms with Crippen molar-refractivity contribution >= 4 is 10.0 Å². The second kappa shape index (κ2) is 6.45. The molecule has 0 heterocycles. The van der Waals surface area contributed by atoms with Gasteiger partial charge in [0.05, 0.1) is 4.90 Å². The number of halogens is 1. The van der Waals surface area contributed by atoms with Crippen LogP contribution in [-0.4, -0.2) is 25.8 Å². The van der Waals surface area contributed by atoms with Gasteiger partial charge in [0, 0.05) is 25.2 Å². The number of nitrogens with two attached hydrogens (primary N) is 1. The van der Waals surface area contributed by atoms with Crippen molar-refractivity contribution in [2.45, 2.75) is 32.2 Å². The summed E-state index contributed by atoms with van der Waals surface area (Å²) in [6.45, 7) is 6.49. The average Bonchev–Trinajstić information content (AvgIpc) is 2.35. The van der Waals surface area contributed by atoms with Crippen LogP contribution < -0.4 is 5.73 Å². The highest BCUT2D eigenvalue weighted by Gasteiger charge is 2.24. The summed E-state index contributed by atoms with van der Waals surface area (Å²) < 4.78 is 39.6. The summed E-state index contributed by atoms with van der Waals surface area (Å²) in [6.07, 6.45) is 0. The molecule has 0 saturated carbocycles. The highest BCUT2D eigenvalue weighted by Crippen LogP contribution is 2.20. The maximum Gasteiger partial charge on any atom is 0.243 e. The lowest BCUT2D eigenvalue weighted by molar-refractivity contribution is 0.381. The Morgan fingerprint density at radius 3 is 2.47 bits per heavy atom. The molecule has 0 atom stereocenters. The van der Waals surface area contributed by atoms with Gasteiger partial charge in [0.25, 0.3) is 0 Å². The molecule has 19 heavy (non-hydrogen) atoms. The minimum absolute atomic E-state index is 0.0223. The molecule has 0 aliphatic carbocycles. The van der Waals surface area contributed by atoms with Gasteiger partial charge in [-0.15, -0.1) is 0 Å². The van der Waals surface area contributed by atoms with Crippen LogP contribution in [0.4, 0.5) is 4.39 Å². The molecule has 108 valence electrons. The van der Waals surface area contributed by atoms with Crippen molar-refractivity contribution in [1.29, 1.82) is 0 Å². The molecule has 2 N–H and O–H groups in total. The zero-order valence-electron chi connectivity index (χ0n) is 11.6. The Labute approximate surface area is 114 Å². The zero-order chi connectivity index (χ0) is 14.6. The van der Waals surface area contributed by atoms with Gasteiger partial charge in [-0.1, -0.05) is 20.8 Å². The Bertz CT molecular complexity index is 529. The molecule has 0 aliphatic rings. The van der Waals surface area contributed by atoms with E-state index in [1.165, 1.54) is 16.4 Å². The molecule has 6 heteroatoms. The molecule has 0 aliphatic heterocycles. The Morgan fingerprint density at radius 2 is 2.00 bits per heavy atom. The lowest BCUT2D eigenvalue weighted by Gasteiger charge is -2.22. The van der Waals surface area contributed by atoms with Gasteiger partial charge < -0.3 is 5.73 Å². The predicted molar refractivity (Wildman–Crippen MR) is 73.6 cm³/mol. The summed E-state index contributed by atoms with van der Waals surface area (Å²) in [6, 6.07) is 3.75. The largest absolute Gasteiger partial charge is 0.326 e. The molecule has 0 bridgehead atoms. The topological polar surface area (TPSA) is 63.4 Å². The molecule has 0 spiro atoms. The van der Waals surface area contributed by atoms with E-state index in [4.69, 9.17) is 5.73 Å². The molecule has 0 saturated heterocycles. The van der Waals surface area contributed by atoms with Gasteiger partial charge in [-0.05, 0) is 24.1 Å². The molecular formula is C13H21FN2O2S. The van der Waals surface area contributed by atoms with E-state index in [1.807, 2.05) is 13.8 Å². The summed E-state index contributed by atoms with van der Waals surface area (Å²) >= 11 is 0. The number of hydrogen-bond donors (Lipinski definition) is 1. The number of nitrogens with zero attached hydrogens (tertiary/aromatic N) is 1. The first-order valence-corrected chi connectivity index (χ1v) is 7.75. The molecular weight excluding hydrogens is 267 g/mol. The monoisotopic (exact) mass is 288 g/mol. The van der Waals surface area contributed by atoms with Crippen molar-refractivity contribution in [2.75, 3.05) is 13.1 Å². The van der Waals surface area contributed by atoms with Gasteiger partial charge in [-0.25, -0.2) is 12.8 Å². The smallest absolute Gasteiger partial charge is 0.243 e. The quantitative estimate of drug-likeness (QED) is 0.870. The molecule has 0 radical (unpaired) electrons. The standard InChI is InChI=1S/C13H21FN2O2S/c1-4-16(9-10(2)3)19(17,18)12-5-6-13(14)11(7-12)8-15/h5-7,10H,4,8-9,15H2,1-3H3. The minimum Gasteiger partial charge on any atom is -0.326 e. The van der Waals surface area contributed by atoms with Gasteiger partial charge in [-0.2, -0.15) is 4.31 Å². The summed E-state index contributed by atoms with van der Waals surface area (Å²) in [5.41, 5.74) is 5.61. The molecule has 0 unspecified atom stereocenters. The fourth-order valence-electron chi connectivity index (χ4n) is 1.82. The van der Waals surface area contributed by atoms with Crippen molar-refractivity contribution in [3.05, 3.63) is 29.6 Å². The lowest BCUT2D eigenvalue weighted by Crippen LogP contribution is -2.34. The Balaban J connectivity index is 3.18. The van der Waals surface area contributed by atoms with E-state index in [0.29, 0.717) is 13.1 Å². The van der Waals surface area contributed by atoms with Crippen LogP contribution in [0.3, 0.4) is 0 Å². The Kier molecular flexibility index (Phi) is 5.46. The van der Waals surface area contributed by atoms with Crippen LogP contribution >= 0.6 is 0 Å². The zero-order valence-corrected chi connectivity index (χ0v) is 12.4. The normalized spacial score (nSPS) is 12.4. The third kappa shape index (κ3) is 3.75. The Hall–Kier alpha value is -0.980. The van der Waals surface area contributed by atoms with E-state index in [2.05, 4.69) is 0 Å². The minimum atomic E-state index is -3.58. The van der Waals surface area contributed by atoms with Crippen LogP contribution in [0.1, 0.15) is 26.3 Å². The SMILES string of the molecule is CCN(CC(C)C)S(=O)(=O)c1ccc(F)c(CN)c1. The average molecular weight is 288 g/mol. The van der Waals surface area contributed by atoms with Crippen LogP contribution in [0.5, 0.6) is 0 Å². The van der Waals surface area contributed by atoms with Gasteiger partial charge in [0.15, 0.2) is 0 Å². The third-order valence-corrected chi connectivity index (χ3v) is 4.73. The predicted octanol–water partition coefficient (Wildman–Crippen LogP) is 1.95. The maximum atomic E-state index is 13.4. The summed E-state index contributed by atoms with van der Waals surface area (Å²) in [5, 5.41) is 0. The second-order valence-electron chi connectivity index (χ2n) is 4.81. The summed E-state index contributed by atoms with van der Waals surface area (Å²) in [4.78, 5) is 0.0943. The van der Waals surface area contributed by atoms with Crippen LogP contribution in [0, 0.1) is 11.7 Å². The van der Waals surface area contributed by atoms with Crippen molar-refractivity contribution < 1.29 is 12.8 Å². The van der Waals surface area contributed by atoms with Crippen LogP contribution in [0.15, 0.2) is 23.1 Å². The summed E-state index contributed by atoms with van der Waals surface area (Å²) in [7, 11) is -3.58. The fraction of sp³-hybridized carbons (Fsp3) is 0.538. The van der Waals surface area contributed by atoms with E-state index < -0.39 is 15.8 Å². The number of sulfonamides is 1. The van der Waals surface area contributed by atoms with E-state index in [9.17, 15) is 12.8 Å². The third-order valence-electron chi connectivity index (χ3n) is 2.80. The highest BCUT2D eigenvalue weighted by molar-refractivity contribution is 7.89. The molecule has 0 amide bonds. The summed E-state index contributed by atoms with van der Waals surface area (Å²) in [5.74, 6) is -0.252. The van der Waals surface area contributed by atoms with Crippen molar-refractivity contribution in [3.8, 4) is 0 Å². The van der Waals surface area contributed by atoms with Crippen LogP contribution in [0.2, 0.25) is 0 Å². The van der Waals surface area contributed by atoms with Crippen molar-refractivity contribution in [2.24, 2.45) is 11.7 Å². The lowest BCUT2D eigenvalue weighted by atomic mass is 10.2. The van der Waals surface area contributed by atoms with E-state index in [0.717, 1.165) is 6.07 Å². The van der Waals surface area contributed by atoms with Gasteiger partial charge >= 0.3 is 0 Å². The number of benzene rings is 1. The Morgan fingerprint density at radius 1 is 1.37 bits per heavy atom. The maximum absolute atomic E-state index is 13.4. The van der Waals surface area contributed by atoms with Gasteiger partial charge in [0.2, 0.25) is 10.0 Å². The van der Waals surface area contributed by atoms with Gasteiger partial charge in [0.1, 0.15) is 5.82 Å². The molecule has 0 aromatic heterocycles. The number of hydrogen-bond acceptors (Lipinski definition) is 3. The molecule has 0 fully saturated rings. The van der Waals surface area contributed by atoms with E-state index >= 15 is 0 Å². The molecule has 1 aromatic rings. The van der Waals surface area contributed by atoms with Crippen LogP contribution in [-0.2, 0) is 16.6 Å². The first kappa shape index (κ1) is 16.1. The molecule has 1 rings (SSSR count). The second-order valence-corrected chi connectivity index (χ2v) is 6.74. The molecule has 1 aromatic carbocycles.